The Balaban J connectivity index is 0.000000318. The van der Waals surface area contributed by atoms with Crippen LogP contribution in [0, 0.1) is 5.92 Å². The maximum absolute atomic E-state index is 10.7. The average molecular weight is 453 g/mol. The van der Waals surface area contributed by atoms with Crippen LogP contribution in [-0.2, 0) is 12.8 Å². The van der Waals surface area contributed by atoms with Crippen molar-refractivity contribution < 1.29 is 4.79 Å². The van der Waals surface area contributed by atoms with Gasteiger partial charge in [0.1, 0.15) is 5.82 Å². The third-order valence-corrected chi connectivity index (χ3v) is 5.37. The molecule has 3 aromatic rings. The molecule has 0 bridgehead atoms. The number of hydrogen-bond donors (Lipinski definition) is 3. The Labute approximate surface area is 190 Å². The zero-order valence-electron chi connectivity index (χ0n) is 19.0. The van der Waals surface area contributed by atoms with Crippen LogP contribution in [0.15, 0.2) is 18.3 Å². The smallest absolute Gasteiger partial charge is 0.195 e. The summed E-state index contributed by atoms with van der Waals surface area (Å²) in [4.78, 5) is 20.7. The quantitative estimate of drug-likeness (QED) is 0.343. The highest BCUT2D eigenvalue weighted by Crippen LogP contribution is 2.34. The second kappa shape index (κ2) is 12.7. The Morgan fingerprint density at radius 1 is 1.20 bits per heavy atom. The van der Waals surface area contributed by atoms with E-state index in [0.717, 1.165) is 24.2 Å². The molecule has 0 amide bonds. The van der Waals surface area contributed by atoms with Crippen LogP contribution in [0.1, 0.15) is 69.8 Å². The van der Waals surface area contributed by atoms with Gasteiger partial charge in [0.15, 0.2) is 11.6 Å². The predicted molar refractivity (Wildman–Crippen MR) is 130 cm³/mol. The third-order valence-electron chi connectivity index (χ3n) is 4.56. The molecule has 0 aliphatic heterocycles. The molecule has 3 rings (SSSR count). The van der Waals surface area contributed by atoms with Crippen LogP contribution in [-0.4, -0.2) is 27.8 Å². The van der Waals surface area contributed by atoms with Crippen LogP contribution in [0.2, 0.25) is 10.0 Å². The number of halogens is 2. The van der Waals surface area contributed by atoms with Crippen LogP contribution in [0.25, 0.3) is 10.9 Å². The van der Waals surface area contributed by atoms with Gasteiger partial charge in [-0.3, -0.25) is 4.79 Å². The molecule has 5 nitrogen and oxygen atoms in total. The van der Waals surface area contributed by atoms with E-state index >= 15 is 0 Å². The summed E-state index contributed by atoms with van der Waals surface area (Å²) in [6, 6.07) is 3.95. The molecule has 7 heteroatoms. The molecule has 0 aliphatic carbocycles. The van der Waals surface area contributed by atoms with Crippen molar-refractivity contribution in [2.45, 2.75) is 60.8 Å². The fraction of sp³-hybridized carbons (Fsp3) is 0.478. The molecule has 0 aliphatic rings. The van der Waals surface area contributed by atoms with Crippen molar-refractivity contribution in [1.29, 1.82) is 0 Å². The van der Waals surface area contributed by atoms with Gasteiger partial charge in [-0.05, 0) is 36.8 Å². The summed E-state index contributed by atoms with van der Waals surface area (Å²) < 4.78 is 0. The predicted octanol–water partition coefficient (Wildman–Crippen LogP) is 7.31. The van der Waals surface area contributed by atoms with Crippen molar-refractivity contribution >= 4 is 45.7 Å². The summed E-state index contributed by atoms with van der Waals surface area (Å²) in [6.45, 7) is 12.2. The van der Waals surface area contributed by atoms with Crippen LogP contribution >= 0.6 is 23.2 Å². The number of carbonyl (C=O) groups is 1. The lowest BCUT2D eigenvalue weighted by atomic mass is 10.0. The van der Waals surface area contributed by atoms with Crippen molar-refractivity contribution in [2.24, 2.45) is 5.92 Å². The van der Waals surface area contributed by atoms with Crippen molar-refractivity contribution in [2.75, 3.05) is 12.4 Å². The number of hydrogen-bond acceptors (Lipinski definition) is 3. The third kappa shape index (κ3) is 6.78. The number of nitrogens with one attached hydrogen (secondary N) is 3. The lowest BCUT2D eigenvalue weighted by Crippen LogP contribution is -1.95. The fourth-order valence-corrected chi connectivity index (χ4v) is 3.36. The lowest BCUT2D eigenvalue weighted by molar-refractivity contribution is 0.100. The van der Waals surface area contributed by atoms with E-state index in [9.17, 15) is 4.79 Å². The number of aromatic amines is 2. The first-order valence-electron chi connectivity index (χ1n) is 10.5. The zero-order valence-corrected chi connectivity index (χ0v) is 20.6. The monoisotopic (exact) mass is 452 g/mol. The number of nitrogens with zero attached hydrogens (tertiary/aromatic N) is 1. The van der Waals surface area contributed by atoms with Gasteiger partial charge in [-0.1, -0.05) is 63.9 Å². The molecule has 0 saturated carbocycles. The van der Waals surface area contributed by atoms with E-state index in [1.165, 1.54) is 30.0 Å². The number of H-pyrrole nitrogens is 2. The second-order valence-corrected chi connectivity index (χ2v) is 7.89. The van der Waals surface area contributed by atoms with Gasteiger partial charge in [0.2, 0.25) is 0 Å². The van der Waals surface area contributed by atoms with Crippen molar-refractivity contribution in [3.05, 3.63) is 45.5 Å². The SMILES string of the molecule is CC.CCc1c(CCC(C)C)[nH]c2c(Cl)c(Cl)ccc12.CNc1cnc(C(C)=O)[nH]1. The summed E-state index contributed by atoms with van der Waals surface area (Å²) in [5.74, 6) is 1.80. The van der Waals surface area contributed by atoms with Gasteiger partial charge in [0.25, 0.3) is 0 Å². The van der Waals surface area contributed by atoms with E-state index in [4.69, 9.17) is 23.2 Å². The van der Waals surface area contributed by atoms with E-state index in [1.54, 1.807) is 13.2 Å². The minimum Gasteiger partial charge on any atom is -0.373 e. The standard InChI is InChI=1S/C15H19Cl2N.C6H9N3O.C2H6/c1-4-10-11-6-7-12(16)14(17)15(11)18-13(10)8-5-9(2)3;1-4(10)6-8-3-5(7-2)9-6;1-2/h6-7,9,18H,4-5,8H2,1-3H3;3,7H,1-2H3,(H,8,9);1-2H3. The summed E-state index contributed by atoms with van der Waals surface area (Å²) in [7, 11) is 1.76. The summed E-state index contributed by atoms with van der Waals surface area (Å²) in [5, 5.41) is 5.30. The van der Waals surface area contributed by atoms with Crippen LogP contribution < -0.4 is 5.32 Å². The molecule has 1 aromatic carbocycles. The molecule has 0 atom stereocenters. The number of benzene rings is 1. The molecule has 30 heavy (non-hydrogen) atoms. The van der Waals surface area contributed by atoms with Crippen molar-refractivity contribution in [1.82, 2.24) is 15.0 Å². The Kier molecular flexibility index (Phi) is 11.0. The van der Waals surface area contributed by atoms with Gasteiger partial charge >= 0.3 is 0 Å². The molecule has 2 heterocycles. The maximum Gasteiger partial charge on any atom is 0.195 e. The summed E-state index contributed by atoms with van der Waals surface area (Å²) in [5.41, 5.74) is 3.68. The Bertz CT molecular complexity index is 944. The minimum absolute atomic E-state index is 0.0542. The first kappa shape index (κ1) is 26.1. The molecule has 2 aromatic heterocycles. The van der Waals surface area contributed by atoms with E-state index < -0.39 is 0 Å². The van der Waals surface area contributed by atoms with Gasteiger partial charge in [0, 0.05) is 25.1 Å². The van der Waals surface area contributed by atoms with Crippen LogP contribution in [0.5, 0.6) is 0 Å². The topological polar surface area (TPSA) is 73.6 Å². The molecular formula is C23H34Cl2N4O. The number of Topliss-reactive ketones (excluding diaryl/α,β-unsaturated/α-hetero) is 1. The van der Waals surface area contributed by atoms with Crippen molar-refractivity contribution in [3.8, 4) is 0 Å². The number of aromatic nitrogens is 3. The Morgan fingerprint density at radius 3 is 2.33 bits per heavy atom. The Morgan fingerprint density at radius 2 is 1.87 bits per heavy atom. The number of anilines is 1. The van der Waals surface area contributed by atoms with Gasteiger partial charge in [0.05, 0.1) is 21.8 Å². The number of rotatable bonds is 6. The van der Waals surface area contributed by atoms with Gasteiger partial charge in [-0.25, -0.2) is 4.98 Å². The van der Waals surface area contributed by atoms with Crippen molar-refractivity contribution in [3.63, 3.8) is 0 Å². The van der Waals surface area contributed by atoms with Gasteiger partial charge in [-0.2, -0.15) is 0 Å². The number of carbonyl (C=O) groups excluding carboxylic acids is 1. The van der Waals surface area contributed by atoms with Crippen LogP contribution in [0.4, 0.5) is 5.82 Å². The van der Waals surface area contributed by atoms with E-state index in [-0.39, 0.29) is 5.78 Å². The Hall–Kier alpha value is -1.98. The molecular weight excluding hydrogens is 419 g/mol. The molecule has 0 radical (unpaired) electrons. The number of fused-ring (bicyclic) bond motifs is 1. The first-order chi connectivity index (χ1) is 14.3. The molecule has 3 N–H and O–H groups in total. The number of ketones is 1. The van der Waals surface area contributed by atoms with Gasteiger partial charge in [-0.15, -0.1) is 0 Å². The highest BCUT2D eigenvalue weighted by molar-refractivity contribution is 6.45. The highest BCUT2D eigenvalue weighted by Gasteiger charge is 2.14. The number of imidazole rings is 1. The average Bonchev–Trinajstić information content (AvgIpc) is 3.36. The molecule has 0 fully saturated rings. The lowest BCUT2D eigenvalue weighted by Gasteiger charge is -2.05. The largest absolute Gasteiger partial charge is 0.373 e. The maximum atomic E-state index is 10.7. The highest BCUT2D eigenvalue weighted by atomic mass is 35.5. The van der Waals surface area contributed by atoms with E-state index in [0.29, 0.717) is 21.8 Å². The minimum atomic E-state index is -0.0542. The second-order valence-electron chi connectivity index (χ2n) is 7.10. The molecule has 0 saturated heterocycles. The van der Waals surface area contributed by atoms with Crippen LogP contribution in [0.3, 0.4) is 0 Å². The van der Waals surface area contributed by atoms with E-state index in [2.05, 4.69) is 47.1 Å². The number of aryl methyl sites for hydroxylation is 2. The fourth-order valence-electron chi connectivity index (χ4n) is 2.99. The zero-order chi connectivity index (χ0) is 22.8. The molecule has 0 unspecified atom stereocenters. The summed E-state index contributed by atoms with van der Waals surface area (Å²) in [6.07, 6.45) is 4.86. The van der Waals surface area contributed by atoms with Gasteiger partial charge < -0.3 is 15.3 Å². The molecule has 166 valence electrons. The summed E-state index contributed by atoms with van der Waals surface area (Å²) >= 11 is 12.3. The first-order valence-corrected chi connectivity index (χ1v) is 11.2. The molecule has 0 spiro atoms. The normalized spacial score (nSPS) is 10.3. The van der Waals surface area contributed by atoms with E-state index in [1.807, 2.05) is 19.9 Å².